The number of aryl methyl sites for hydroxylation is 1. The van der Waals surface area contributed by atoms with Gasteiger partial charge in [0.1, 0.15) is 5.15 Å². The molecule has 0 saturated carbocycles. The summed E-state index contributed by atoms with van der Waals surface area (Å²) in [6.07, 6.45) is 1.73. The molecule has 68 valence electrons. The first-order valence-electron chi connectivity index (χ1n) is 3.97. The third-order valence-electron chi connectivity index (χ3n) is 1.77. The Morgan fingerprint density at radius 1 is 1.67 bits per heavy atom. The zero-order chi connectivity index (χ0) is 9.35. The lowest BCUT2D eigenvalue weighted by Gasteiger charge is -2.16. The molecule has 0 aliphatic heterocycles. The van der Waals surface area contributed by atoms with Crippen LogP contribution in [0.5, 0.6) is 0 Å². The topological polar surface area (TPSA) is 43.8 Å². The number of aromatic nitrogens is 2. The van der Waals surface area contributed by atoms with Crippen molar-refractivity contribution in [3.63, 3.8) is 0 Å². The molecule has 0 aromatic carbocycles. The van der Waals surface area contributed by atoms with Crippen molar-refractivity contribution in [2.24, 2.45) is 5.73 Å². The summed E-state index contributed by atoms with van der Waals surface area (Å²) in [5, 5.41) is 4.75. The highest BCUT2D eigenvalue weighted by atomic mass is 35.5. The van der Waals surface area contributed by atoms with Gasteiger partial charge in [0.15, 0.2) is 0 Å². The monoisotopic (exact) mass is 187 g/mol. The molecule has 0 atom stereocenters. The third-order valence-corrected chi connectivity index (χ3v) is 2.17. The summed E-state index contributed by atoms with van der Waals surface area (Å²) in [5.41, 5.74) is 6.37. The van der Waals surface area contributed by atoms with Crippen molar-refractivity contribution >= 4 is 11.6 Å². The maximum Gasteiger partial charge on any atom is 0.132 e. The van der Waals surface area contributed by atoms with E-state index in [1.54, 1.807) is 10.9 Å². The minimum atomic E-state index is -0.412. The SMILES string of the molecule is CCn1ncc(C(C)(C)N)c1Cl. The van der Waals surface area contributed by atoms with E-state index >= 15 is 0 Å². The van der Waals surface area contributed by atoms with Crippen molar-refractivity contribution in [2.75, 3.05) is 0 Å². The predicted octanol–water partition coefficient (Wildman–Crippen LogP) is 1.75. The molecular formula is C8H14ClN3. The zero-order valence-corrected chi connectivity index (χ0v) is 8.39. The van der Waals surface area contributed by atoms with Crippen LogP contribution in [0.4, 0.5) is 0 Å². The van der Waals surface area contributed by atoms with Crippen LogP contribution in [-0.4, -0.2) is 9.78 Å². The zero-order valence-electron chi connectivity index (χ0n) is 7.63. The Morgan fingerprint density at radius 3 is 2.50 bits per heavy atom. The van der Waals surface area contributed by atoms with Gasteiger partial charge in [0.05, 0.1) is 6.20 Å². The molecule has 1 aromatic heterocycles. The first-order chi connectivity index (χ1) is 5.46. The Morgan fingerprint density at radius 2 is 2.25 bits per heavy atom. The standard InChI is InChI=1S/C8H14ClN3/c1-4-12-7(9)6(5-11-12)8(2,3)10/h5H,4,10H2,1-3H3. The van der Waals surface area contributed by atoms with Gasteiger partial charge in [-0.15, -0.1) is 0 Å². The molecule has 4 heteroatoms. The predicted molar refractivity (Wildman–Crippen MR) is 50.1 cm³/mol. The van der Waals surface area contributed by atoms with Crippen LogP contribution >= 0.6 is 11.6 Å². The number of nitrogens with zero attached hydrogens (tertiary/aromatic N) is 2. The fourth-order valence-electron chi connectivity index (χ4n) is 1.02. The van der Waals surface area contributed by atoms with Crippen LogP contribution in [-0.2, 0) is 12.1 Å². The Labute approximate surface area is 77.5 Å². The molecule has 0 radical (unpaired) electrons. The third kappa shape index (κ3) is 1.62. The smallest absolute Gasteiger partial charge is 0.132 e. The molecule has 0 aliphatic rings. The summed E-state index contributed by atoms with van der Waals surface area (Å²) in [6.45, 7) is 6.59. The van der Waals surface area contributed by atoms with Gasteiger partial charge in [-0.25, -0.2) is 0 Å². The van der Waals surface area contributed by atoms with Crippen molar-refractivity contribution < 1.29 is 0 Å². The molecule has 1 heterocycles. The molecule has 0 aliphatic carbocycles. The first kappa shape index (κ1) is 9.55. The Hall–Kier alpha value is -0.540. The second kappa shape index (κ2) is 3.07. The normalized spacial score (nSPS) is 12.1. The molecule has 0 saturated heterocycles. The molecule has 12 heavy (non-hydrogen) atoms. The average molecular weight is 188 g/mol. The lowest BCUT2D eigenvalue weighted by molar-refractivity contribution is 0.552. The van der Waals surface area contributed by atoms with Crippen LogP contribution in [0.1, 0.15) is 26.3 Å². The van der Waals surface area contributed by atoms with Gasteiger partial charge in [-0.05, 0) is 20.8 Å². The summed E-state index contributed by atoms with van der Waals surface area (Å²) in [4.78, 5) is 0. The molecule has 1 rings (SSSR count). The van der Waals surface area contributed by atoms with Crippen LogP contribution < -0.4 is 5.73 Å². The Kier molecular flexibility index (Phi) is 2.44. The van der Waals surface area contributed by atoms with E-state index in [9.17, 15) is 0 Å². The fraction of sp³-hybridized carbons (Fsp3) is 0.625. The summed E-state index contributed by atoms with van der Waals surface area (Å²) in [5.74, 6) is 0. The van der Waals surface area contributed by atoms with Crippen LogP contribution in [0.15, 0.2) is 6.20 Å². The fourth-order valence-corrected chi connectivity index (χ4v) is 1.48. The van der Waals surface area contributed by atoms with Crippen LogP contribution in [0, 0.1) is 0 Å². The largest absolute Gasteiger partial charge is 0.322 e. The van der Waals surface area contributed by atoms with E-state index in [0.717, 1.165) is 12.1 Å². The van der Waals surface area contributed by atoms with Crippen LogP contribution in [0.25, 0.3) is 0 Å². The summed E-state index contributed by atoms with van der Waals surface area (Å²) in [7, 11) is 0. The van der Waals surface area contributed by atoms with Crippen molar-refractivity contribution in [3.05, 3.63) is 16.9 Å². The summed E-state index contributed by atoms with van der Waals surface area (Å²) < 4.78 is 1.73. The number of nitrogens with two attached hydrogens (primary N) is 1. The Bertz CT molecular complexity index is 272. The van der Waals surface area contributed by atoms with Gasteiger partial charge < -0.3 is 5.73 Å². The molecule has 0 bridgehead atoms. The second-order valence-electron chi connectivity index (χ2n) is 3.39. The van der Waals surface area contributed by atoms with Gasteiger partial charge in [-0.3, -0.25) is 4.68 Å². The van der Waals surface area contributed by atoms with Gasteiger partial charge in [0.2, 0.25) is 0 Å². The Balaban J connectivity index is 3.11. The molecule has 0 amide bonds. The highest BCUT2D eigenvalue weighted by Crippen LogP contribution is 2.24. The van der Waals surface area contributed by atoms with Crippen molar-refractivity contribution in [1.82, 2.24) is 9.78 Å². The van der Waals surface area contributed by atoms with Gasteiger partial charge >= 0.3 is 0 Å². The van der Waals surface area contributed by atoms with E-state index in [0.29, 0.717) is 5.15 Å². The van der Waals surface area contributed by atoms with Gasteiger partial charge in [0.25, 0.3) is 0 Å². The van der Waals surface area contributed by atoms with E-state index in [1.165, 1.54) is 0 Å². The lowest BCUT2D eigenvalue weighted by atomic mass is 10.00. The van der Waals surface area contributed by atoms with Crippen LogP contribution in [0.2, 0.25) is 5.15 Å². The molecule has 3 nitrogen and oxygen atoms in total. The molecule has 2 N–H and O–H groups in total. The summed E-state index contributed by atoms with van der Waals surface area (Å²) >= 11 is 6.03. The van der Waals surface area contributed by atoms with Crippen molar-refractivity contribution in [2.45, 2.75) is 32.9 Å². The molecular weight excluding hydrogens is 174 g/mol. The first-order valence-corrected chi connectivity index (χ1v) is 4.35. The van der Waals surface area contributed by atoms with Gasteiger partial charge in [-0.2, -0.15) is 5.10 Å². The maximum absolute atomic E-state index is 6.03. The highest BCUT2D eigenvalue weighted by Gasteiger charge is 2.20. The molecule has 1 aromatic rings. The second-order valence-corrected chi connectivity index (χ2v) is 3.74. The molecule has 0 unspecified atom stereocenters. The quantitative estimate of drug-likeness (QED) is 0.767. The van der Waals surface area contributed by atoms with E-state index in [-0.39, 0.29) is 0 Å². The van der Waals surface area contributed by atoms with E-state index < -0.39 is 5.54 Å². The lowest BCUT2D eigenvalue weighted by Crippen LogP contribution is -2.28. The molecule has 0 spiro atoms. The van der Waals surface area contributed by atoms with E-state index in [1.807, 2.05) is 20.8 Å². The minimum Gasteiger partial charge on any atom is -0.322 e. The summed E-state index contributed by atoms with van der Waals surface area (Å²) in [6, 6.07) is 0. The van der Waals surface area contributed by atoms with Crippen molar-refractivity contribution in [1.29, 1.82) is 0 Å². The van der Waals surface area contributed by atoms with Crippen LogP contribution in [0.3, 0.4) is 0 Å². The minimum absolute atomic E-state index is 0.412. The van der Waals surface area contributed by atoms with Gasteiger partial charge in [-0.1, -0.05) is 11.6 Å². The highest BCUT2D eigenvalue weighted by molar-refractivity contribution is 6.30. The number of hydrogen-bond acceptors (Lipinski definition) is 2. The van der Waals surface area contributed by atoms with Crippen molar-refractivity contribution in [3.8, 4) is 0 Å². The number of rotatable bonds is 2. The van der Waals surface area contributed by atoms with Gasteiger partial charge in [0, 0.05) is 17.6 Å². The number of hydrogen-bond donors (Lipinski definition) is 1. The number of halogens is 1. The maximum atomic E-state index is 6.03. The van der Waals surface area contributed by atoms with E-state index in [2.05, 4.69) is 5.10 Å². The molecule has 0 fully saturated rings. The van der Waals surface area contributed by atoms with E-state index in [4.69, 9.17) is 17.3 Å². The average Bonchev–Trinajstić information content (AvgIpc) is 2.29.